The standard InChI is InChI=1S/C28H23BrN2O/c1-2-16-32-27-15-12-21(29)17-20(27)18-30-22-13-10-19(11-14-22)28-25-8-5-7-23(25)24-6-3-4-9-26(24)31-28/h1,3-7,9-15,17-18,23,25,28,31H,8,16H2/t23-,25+,28+/m1/s1. The molecule has 5 rings (SSSR count). The zero-order valence-electron chi connectivity index (χ0n) is 17.5. The number of nitrogens with one attached hydrogen (secondary N) is 1. The number of nitrogens with zero attached hydrogens (tertiary/aromatic N) is 1. The zero-order valence-corrected chi connectivity index (χ0v) is 19.1. The molecule has 0 amide bonds. The van der Waals surface area contributed by atoms with E-state index >= 15 is 0 Å². The van der Waals surface area contributed by atoms with Gasteiger partial charge in [0, 0.05) is 27.9 Å². The number of terminal acetylenes is 1. The Labute approximate surface area is 197 Å². The molecule has 158 valence electrons. The predicted octanol–water partition coefficient (Wildman–Crippen LogP) is 7.04. The molecule has 0 aromatic heterocycles. The van der Waals surface area contributed by atoms with Crippen molar-refractivity contribution >= 4 is 33.5 Å². The fraction of sp³-hybridized carbons (Fsp3) is 0.179. The van der Waals surface area contributed by atoms with Gasteiger partial charge in [0.25, 0.3) is 0 Å². The molecule has 32 heavy (non-hydrogen) atoms. The Morgan fingerprint density at radius 3 is 2.81 bits per heavy atom. The van der Waals surface area contributed by atoms with Gasteiger partial charge in [-0.05, 0) is 59.9 Å². The van der Waals surface area contributed by atoms with E-state index in [4.69, 9.17) is 11.2 Å². The first kappa shape index (κ1) is 20.6. The Morgan fingerprint density at radius 2 is 1.97 bits per heavy atom. The minimum atomic E-state index is 0.228. The first-order valence-corrected chi connectivity index (χ1v) is 11.5. The average molecular weight is 483 g/mol. The molecule has 3 atom stereocenters. The Bertz CT molecular complexity index is 1220. The summed E-state index contributed by atoms with van der Waals surface area (Å²) in [5.74, 6) is 4.24. The highest BCUT2D eigenvalue weighted by Gasteiger charge is 2.37. The highest BCUT2D eigenvalue weighted by Crippen LogP contribution is 2.49. The molecule has 1 heterocycles. The Balaban J connectivity index is 1.37. The molecule has 0 unspecified atom stereocenters. The monoisotopic (exact) mass is 482 g/mol. The minimum Gasteiger partial charge on any atom is -0.480 e. The summed E-state index contributed by atoms with van der Waals surface area (Å²) in [4.78, 5) is 4.66. The molecule has 3 aromatic rings. The van der Waals surface area contributed by atoms with Crippen LogP contribution >= 0.6 is 15.9 Å². The van der Waals surface area contributed by atoms with Crippen molar-refractivity contribution in [1.29, 1.82) is 0 Å². The third-order valence-corrected chi connectivity index (χ3v) is 6.65. The number of para-hydroxylation sites is 1. The highest BCUT2D eigenvalue weighted by atomic mass is 79.9. The van der Waals surface area contributed by atoms with E-state index in [-0.39, 0.29) is 12.6 Å². The first-order chi connectivity index (χ1) is 15.7. The molecule has 0 saturated carbocycles. The van der Waals surface area contributed by atoms with Crippen molar-refractivity contribution in [3.8, 4) is 18.1 Å². The molecular formula is C28H23BrN2O. The van der Waals surface area contributed by atoms with Gasteiger partial charge in [0.05, 0.1) is 11.7 Å². The van der Waals surface area contributed by atoms with Crippen molar-refractivity contribution in [3.63, 3.8) is 0 Å². The van der Waals surface area contributed by atoms with Gasteiger partial charge >= 0.3 is 0 Å². The molecular weight excluding hydrogens is 460 g/mol. The van der Waals surface area contributed by atoms with Crippen LogP contribution in [0.1, 0.15) is 35.1 Å². The van der Waals surface area contributed by atoms with Gasteiger partial charge in [-0.3, -0.25) is 4.99 Å². The van der Waals surface area contributed by atoms with E-state index in [9.17, 15) is 0 Å². The van der Waals surface area contributed by atoms with Crippen LogP contribution in [-0.4, -0.2) is 12.8 Å². The van der Waals surface area contributed by atoms with Crippen molar-refractivity contribution in [1.82, 2.24) is 0 Å². The van der Waals surface area contributed by atoms with E-state index < -0.39 is 0 Å². The van der Waals surface area contributed by atoms with Gasteiger partial charge in [0.1, 0.15) is 12.4 Å². The second-order valence-corrected chi connectivity index (χ2v) is 9.00. The van der Waals surface area contributed by atoms with Crippen LogP contribution in [0.2, 0.25) is 0 Å². The summed E-state index contributed by atoms with van der Waals surface area (Å²) in [7, 11) is 0. The number of rotatable bonds is 5. The van der Waals surface area contributed by atoms with Gasteiger partial charge in [-0.15, -0.1) is 6.42 Å². The van der Waals surface area contributed by atoms with Crippen molar-refractivity contribution in [2.24, 2.45) is 10.9 Å². The lowest BCUT2D eigenvalue weighted by atomic mass is 9.77. The van der Waals surface area contributed by atoms with Gasteiger partial charge in [0.2, 0.25) is 0 Å². The number of anilines is 1. The largest absolute Gasteiger partial charge is 0.480 e. The van der Waals surface area contributed by atoms with Crippen LogP contribution in [0.4, 0.5) is 11.4 Å². The minimum absolute atomic E-state index is 0.228. The summed E-state index contributed by atoms with van der Waals surface area (Å²) in [5, 5.41) is 3.78. The van der Waals surface area contributed by atoms with Crippen LogP contribution in [0.15, 0.2) is 88.3 Å². The Hall–Kier alpha value is -3.29. The summed E-state index contributed by atoms with van der Waals surface area (Å²) in [6.07, 6.45) is 12.9. The summed E-state index contributed by atoms with van der Waals surface area (Å²) < 4.78 is 6.60. The van der Waals surface area contributed by atoms with Crippen LogP contribution in [0, 0.1) is 18.3 Å². The fourth-order valence-electron chi connectivity index (χ4n) is 4.66. The molecule has 0 spiro atoms. The molecule has 1 aliphatic heterocycles. The van der Waals surface area contributed by atoms with E-state index in [1.54, 1.807) is 0 Å². The summed E-state index contributed by atoms with van der Waals surface area (Å²) in [6.45, 7) is 0.228. The van der Waals surface area contributed by atoms with Crippen molar-refractivity contribution < 1.29 is 4.74 Å². The van der Waals surface area contributed by atoms with Crippen LogP contribution in [0.25, 0.3) is 0 Å². The first-order valence-electron chi connectivity index (χ1n) is 10.7. The third-order valence-electron chi connectivity index (χ3n) is 6.16. The second kappa shape index (κ2) is 9.06. The number of hydrogen-bond donors (Lipinski definition) is 1. The Morgan fingerprint density at radius 1 is 1.12 bits per heavy atom. The highest BCUT2D eigenvalue weighted by molar-refractivity contribution is 9.10. The summed E-state index contributed by atoms with van der Waals surface area (Å²) in [6, 6.07) is 23.3. The molecule has 0 saturated heterocycles. The van der Waals surface area contributed by atoms with Gasteiger partial charge in [0.15, 0.2) is 0 Å². The molecule has 0 radical (unpaired) electrons. The molecule has 2 aliphatic rings. The van der Waals surface area contributed by atoms with Crippen molar-refractivity contribution in [2.45, 2.75) is 18.4 Å². The lowest BCUT2D eigenvalue weighted by Crippen LogP contribution is -2.28. The number of halogens is 1. The summed E-state index contributed by atoms with van der Waals surface area (Å²) in [5.41, 5.74) is 5.71. The maximum absolute atomic E-state index is 5.63. The number of allylic oxidation sites excluding steroid dienone is 2. The number of ether oxygens (including phenoxy) is 1. The van der Waals surface area contributed by atoms with Crippen LogP contribution in [0.5, 0.6) is 5.75 Å². The van der Waals surface area contributed by atoms with Crippen molar-refractivity contribution in [2.75, 3.05) is 11.9 Å². The SMILES string of the molecule is C#CCOc1ccc(Br)cc1C=Nc1ccc([C@@H]2Nc3ccccc3[C@H]3C=CC[C@@H]32)cc1. The molecule has 4 heteroatoms. The maximum Gasteiger partial charge on any atom is 0.148 e. The average Bonchev–Trinajstić information content (AvgIpc) is 3.32. The molecule has 1 aliphatic carbocycles. The Kier molecular flexibility index (Phi) is 5.83. The number of hydrogen-bond acceptors (Lipinski definition) is 3. The van der Waals surface area contributed by atoms with Gasteiger partial charge < -0.3 is 10.1 Å². The van der Waals surface area contributed by atoms with E-state index in [0.717, 1.165) is 27.9 Å². The third kappa shape index (κ3) is 4.09. The number of fused-ring (bicyclic) bond motifs is 3. The van der Waals surface area contributed by atoms with E-state index in [2.05, 4.69) is 92.8 Å². The van der Waals surface area contributed by atoms with Crippen LogP contribution in [-0.2, 0) is 0 Å². The van der Waals surface area contributed by atoms with E-state index in [0.29, 0.717) is 11.8 Å². The summed E-state index contributed by atoms with van der Waals surface area (Å²) >= 11 is 3.51. The number of benzene rings is 3. The smallest absolute Gasteiger partial charge is 0.148 e. The number of aliphatic imine (C=N–C) groups is 1. The van der Waals surface area contributed by atoms with Crippen molar-refractivity contribution in [3.05, 3.63) is 100 Å². The predicted molar refractivity (Wildman–Crippen MR) is 135 cm³/mol. The molecule has 3 nitrogen and oxygen atoms in total. The van der Waals surface area contributed by atoms with E-state index in [1.165, 1.54) is 16.8 Å². The quantitative estimate of drug-likeness (QED) is 0.240. The zero-order chi connectivity index (χ0) is 21.9. The topological polar surface area (TPSA) is 33.6 Å². The van der Waals surface area contributed by atoms with Crippen LogP contribution < -0.4 is 10.1 Å². The molecule has 0 fully saturated rings. The van der Waals surface area contributed by atoms with Gasteiger partial charge in [-0.2, -0.15) is 0 Å². The van der Waals surface area contributed by atoms with Gasteiger partial charge in [-0.25, -0.2) is 0 Å². The van der Waals surface area contributed by atoms with Gasteiger partial charge in [-0.1, -0.05) is 64.3 Å². The second-order valence-electron chi connectivity index (χ2n) is 8.09. The lowest BCUT2D eigenvalue weighted by molar-refractivity contribution is 0.370. The fourth-order valence-corrected chi connectivity index (χ4v) is 5.04. The lowest BCUT2D eigenvalue weighted by Gasteiger charge is -2.37. The normalized spacial score (nSPS) is 20.9. The maximum atomic E-state index is 5.63. The molecule has 0 bridgehead atoms. The van der Waals surface area contributed by atoms with Crippen LogP contribution in [0.3, 0.4) is 0 Å². The molecule has 1 N–H and O–H groups in total. The molecule has 3 aromatic carbocycles. The van der Waals surface area contributed by atoms with E-state index in [1.807, 2.05) is 24.4 Å².